The van der Waals surface area contributed by atoms with Crippen LogP contribution in [0.25, 0.3) is 0 Å². The largest absolute Gasteiger partial charge is 0.497 e. The summed E-state index contributed by atoms with van der Waals surface area (Å²) in [5, 5.41) is 4.03. The van der Waals surface area contributed by atoms with Crippen LogP contribution in [-0.4, -0.2) is 12.1 Å². The predicted molar refractivity (Wildman–Crippen MR) is 74.3 cm³/mol. The second-order valence-electron chi connectivity index (χ2n) is 4.00. The minimum Gasteiger partial charge on any atom is -0.497 e. The zero-order valence-electron chi connectivity index (χ0n) is 10.4. The Morgan fingerprint density at radius 1 is 1.33 bits per heavy atom. The summed E-state index contributed by atoms with van der Waals surface area (Å²) in [7, 11) is 1.67. The minimum atomic E-state index is 0.675. The van der Waals surface area contributed by atoms with Crippen LogP contribution in [0.1, 0.15) is 11.1 Å². The highest BCUT2D eigenvalue weighted by molar-refractivity contribution is 6.31. The van der Waals surface area contributed by atoms with E-state index in [4.69, 9.17) is 16.3 Å². The molecule has 0 saturated carbocycles. The van der Waals surface area contributed by atoms with E-state index in [0.29, 0.717) is 11.6 Å². The number of rotatable bonds is 4. The second kappa shape index (κ2) is 5.74. The van der Waals surface area contributed by atoms with Crippen molar-refractivity contribution in [3.05, 3.63) is 52.8 Å². The van der Waals surface area contributed by atoms with Crippen molar-refractivity contribution in [1.82, 2.24) is 4.98 Å². The summed E-state index contributed by atoms with van der Waals surface area (Å²) in [4.78, 5) is 3.96. The van der Waals surface area contributed by atoms with Crippen LogP contribution in [0.2, 0.25) is 5.02 Å². The van der Waals surface area contributed by atoms with Crippen molar-refractivity contribution >= 4 is 17.3 Å². The molecule has 1 heterocycles. The van der Waals surface area contributed by atoms with E-state index in [1.807, 2.05) is 31.2 Å². The third-order valence-electron chi connectivity index (χ3n) is 2.76. The fraction of sp³-hybridized carbons (Fsp3) is 0.214. The molecule has 0 radical (unpaired) electrons. The first-order valence-corrected chi connectivity index (χ1v) is 6.05. The van der Waals surface area contributed by atoms with Crippen molar-refractivity contribution in [1.29, 1.82) is 0 Å². The van der Waals surface area contributed by atoms with Crippen molar-refractivity contribution in [2.45, 2.75) is 13.5 Å². The molecule has 0 aliphatic rings. The quantitative estimate of drug-likeness (QED) is 0.913. The number of nitrogens with one attached hydrogen (secondary N) is 1. The number of ether oxygens (including phenoxy) is 1. The van der Waals surface area contributed by atoms with Gasteiger partial charge in [0.25, 0.3) is 0 Å². The SMILES string of the molecule is COc1ccc(NCc2ccncc2Cl)c(C)c1. The van der Waals surface area contributed by atoms with Gasteiger partial charge >= 0.3 is 0 Å². The fourth-order valence-electron chi connectivity index (χ4n) is 1.70. The molecule has 0 unspecified atom stereocenters. The number of methoxy groups -OCH3 is 1. The van der Waals surface area contributed by atoms with Gasteiger partial charge < -0.3 is 10.1 Å². The van der Waals surface area contributed by atoms with Gasteiger partial charge in [0.15, 0.2) is 0 Å². The summed E-state index contributed by atoms with van der Waals surface area (Å²) in [6.45, 7) is 2.72. The van der Waals surface area contributed by atoms with E-state index in [0.717, 1.165) is 22.6 Å². The molecule has 0 atom stereocenters. The van der Waals surface area contributed by atoms with Crippen LogP contribution in [0.4, 0.5) is 5.69 Å². The van der Waals surface area contributed by atoms with Crippen molar-refractivity contribution in [2.75, 3.05) is 12.4 Å². The Balaban J connectivity index is 2.09. The number of benzene rings is 1. The van der Waals surface area contributed by atoms with E-state index >= 15 is 0 Å². The molecule has 18 heavy (non-hydrogen) atoms. The zero-order chi connectivity index (χ0) is 13.0. The van der Waals surface area contributed by atoms with E-state index in [1.165, 1.54) is 0 Å². The van der Waals surface area contributed by atoms with Crippen LogP contribution in [0, 0.1) is 6.92 Å². The van der Waals surface area contributed by atoms with Gasteiger partial charge in [0.1, 0.15) is 5.75 Å². The number of anilines is 1. The number of pyridine rings is 1. The van der Waals surface area contributed by atoms with Gasteiger partial charge in [0.2, 0.25) is 0 Å². The molecule has 0 aliphatic heterocycles. The van der Waals surface area contributed by atoms with E-state index < -0.39 is 0 Å². The summed E-state index contributed by atoms with van der Waals surface area (Å²) in [5.41, 5.74) is 3.24. The van der Waals surface area contributed by atoms with E-state index in [2.05, 4.69) is 10.3 Å². The minimum absolute atomic E-state index is 0.675. The van der Waals surface area contributed by atoms with Crippen LogP contribution in [0.5, 0.6) is 5.75 Å². The molecule has 0 aliphatic carbocycles. The van der Waals surface area contributed by atoms with Crippen molar-refractivity contribution < 1.29 is 4.74 Å². The van der Waals surface area contributed by atoms with Crippen LogP contribution >= 0.6 is 11.6 Å². The van der Waals surface area contributed by atoms with Gasteiger partial charge in [-0.2, -0.15) is 0 Å². The summed E-state index contributed by atoms with van der Waals surface area (Å²) < 4.78 is 5.17. The molecule has 0 bridgehead atoms. The first-order valence-electron chi connectivity index (χ1n) is 5.67. The molecule has 1 aromatic carbocycles. The van der Waals surface area contributed by atoms with Gasteiger partial charge in [-0.3, -0.25) is 4.98 Å². The molecule has 94 valence electrons. The molecule has 2 aromatic rings. The standard InChI is InChI=1S/C14H15ClN2O/c1-10-7-12(18-2)3-4-14(10)17-8-11-5-6-16-9-13(11)15/h3-7,9,17H,8H2,1-2H3. The number of hydrogen-bond donors (Lipinski definition) is 1. The smallest absolute Gasteiger partial charge is 0.119 e. The first kappa shape index (κ1) is 12.7. The molecular formula is C14H15ClN2O. The van der Waals surface area contributed by atoms with Gasteiger partial charge in [-0.15, -0.1) is 0 Å². The Labute approximate surface area is 112 Å². The van der Waals surface area contributed by atoms with E-state index in [-0.39, 0.29) is 0 Å². The lowest BCUT2D eigenvalue weighted by Gasteiger charge is -2.11. The highest BCUT2D eigenvalue weighted by Gasteiger charge is 2.02. The summed E-state index contributed by atoms with van der Waals surface area (Å²) >= 11 is 6.06. The third-order valence-corrected chi connectivity index (χ3v) is 3.10. The van der Waals surface area contributed by atoms with Gasteiger partial charge in [-0.1, -0.05) is 11.6 Å². The maximum Gasteiger partial charge on any atom is 0.119 e. The molecular weight excluding hydrogens is 248 g/mol. The predicted octanol–water partition coefficient (Wildman–Crippen LogP) is 3.66. The topological polar surface area (TPSA) is 34.1 Å². The Bertz CT molecular complexity index is 543. The van der Waals surface area contributed by atoms with Gasteiger partial charge in [0, 0.05) is 24.6 Å². The second-order valence-corrected chi connectivity index (χ2v) is 4.41. The summed E-state index contributed by atoms with van der Waals surface area (Å²) in [6, 6.07) is 7.84. The van der Waals surface area contributed by atoms with Gasteiger partial charge in [-0.05, 0) is 42.3 Å². The number of nitrogens with zero attached hydrogens (tertiary/aromatic N) is 1. The molecule has 0 spiro atoms. The molecule has 3 nitrogen and oxygen atoms in total. The molecule has 4 heteroatoms. The van der Waals surface area contributed by atoms with Crippen molar-refractivity contribution in [3.63, 3.8) is 0 Å². The lowest BCUT2D eigenvalue weighted by molar-refractivity contribution is 0.414. The van der Waals surface area contributed by atoms with Gasteiger partial charge in [-0.25, -0.2) is 0 Å². The average molecular weight is 263 g/mol. The van der Waals surface area contributed by atoms with Gasteiger partial charge in [0.05, 0.1) is 12.1 Å². The number of aromatic nitrogens is 1. The maximum absolute atomic E-state index is 6.06. The molecule has 1 N–H and O–H groups in total. The van der Waals surface area contributed by atoms with Crippen LogP contribution in [-0.2, 0) is 6.54 Å². The number of hydrogen-bond acceptors (Lipinski definition) is 3. The zero-order valence-corrected chi connectivity index (χ0v) is 11.2. The van der Waals surface area contributed by atoms with E-state index in [1.54, 1.807) is 19.5 Å². The monoisotopic (exact) mass is 262 g/mol. The summed E-state index contributed by atoms with van der Waals surface area (Å²) in [5.74, 6) is 0.861. The van der Waals surface area contributed by atoms with Crippen LogP contribution in [0.15, 0.2) is 36.7 Å². The Kier molecular flexibility index (Phi) is 4.05. The summed E-state index contributed by atoms with van der Waals surface area (Å²) in [6.07, 6.45) is 3.39. The molecule has 0 amide bonds. The van der Waals surface area contributed by atoms with Crippen molar-refractivity contribution in [2.24, 2.45) is 0 Å². The van der Waals surface area contributed by atoms with Crippen LogP contribution < -0.4 is 10.1 Å². The average Bonchev–Trinajstić information content (AvgIpc) is 2.39. The lowest BCUT2D eigenvalue weighted by Crippen LogP contribution is -2.02. The highest BCUT2D eigenvalue weighted by Crippen LogP contribution is 2.22. The Morgan fingerprint density at radius 2 is 2.17 bits per heavy atom. The Hall–Kier alpha value is -1.74. The first-order chi connectivity index (χ1) is 8.70. The Morgan fingerprint density at radius 3 is 2.83 bits per heavy atom. The normalized spacial score (nSPS) is 10.2. The number of aryl methyl sites for hydroxylation is 1. The van der Waals surface area contributed by atoms with Crippen molar-refractivity contribution in [3.8, 4) is 5.75 Å². The highest BCUT2D eigenvalue weighted by atomic mass is 35.5. The number of halogens is 1. The maximum atomic E-state index is 6.06. The lowest BCUT2D eigenvalue weighted by atomic mass is 10.2. The third kappa shape index (κ3) is 2.93. The molecule has 0 fully saturated rings. The van der Waals surface area contributed by atoms with E-state index in [9.17, 15) is 0 Å². The molecule has 0 saturated heterocycles. The van der Waals surface area contributed by atoms with Crippen LogP contribution in [0.3, 0.4) is 0 Å². The molecule has 2 rings (SSSR count). The fourth-order valence-corrected chi connectivity index (χ4v) is 1.89. The molecule has 1 aromatic heterocycles.